The molecule has 0 saturated carbocycles. The van der Waals surface area contributed by atoms with Crippen molar-refractivity contribution in [3.8, 4) is 0 Å². The van der Waals surface area contributed by atoms with Crippen LogP contribution in [0.2, 0.25) is 0 Å². The second-order valence-corrected chi connectivity index (χ2v) is 4.55. The van der Waals surface area contributed by atoms with Gasteiger partial charge in [-0.3, -0.25) is 9.89 Å². The van der Waals surface area contributed by atoms with E-state index in [-0.39, 0.29) is 12.0 Å². The molecule has 0 aliphatic carbocycles. The number of nitrogens with one attached hydrogen (secondary N) is 1. The normalized spacial score (nSPS) is 20.3. The molecule has 1 aromatic carbocycles. The number of morpholine rings is 1. The lowest BCUT2D eigenvalue weighted by Gasteiger charge is -2.30. The molecule has 1 aliphatic heterocycles. The number of carbonyl (C=O) groups excluding carboxylic acids is 1. The minimum absolute atomic E-state index is 0.0254. The highest BCUT2D eigenvalue weighted by atomic mass is 16.5. The first-order valence-electron chi connectivity index (χ1n) is 6.09. The van der Waals surface area contributed by atoms with Gasteiger partial charge in [-0.05, 0) is 13.0 Å². The zero-order valence-electron chi connectivity index (χ0n) is 10.2. The number of hydrogen-bond donors (Lipinski definition) is 1. The minimum Gasteiger partial charge on any atom is -0.375 e. The zero-order chi connectivity index (χ0) is 12.5. The number of carbonyl (C=O) groups is 1. The monoisotopic (exact) mass is 245 g/mol. The molecule has 1 N–H and O–H groups in total. The van der Waals surface area contributed by atoms with E-state index in [1.165, 1.54) is 0 Å². The van der Waals surface area contributed by atoms with Crippen LogP contribution in [0.15, 0.2) is 24.3 Å². The molecule has 5 heteroatoms. The van der Waals surface area contributed by atoms with E-state index < -0.39 is 0 Å². The number of H-pyrrole nitrogens is 1. The van der Waals surface area contributed by atoms with Gasteiger partial charge in [0.2, 0.25) is 0 Å². The molecule has 0 spiro atoms. The molecule has 1 aliphatic rings. The maximum Gasteiger partial charge on any atom is 0.275 e. The van der Waals surface area contributed by atoms with Gasteiger partial charge in [-0.2, -0.15) is 5.10 Å². The predicted molar refractivity (Wildman–Crippen MR) is 67.4 cm³/mol. The van der Waals surface area contributed by atoms with Gasteiger partial charge in [0.1, 0.15) is 0 Å². The van der Waals surface area contributed by atoms with E-state index >= 15 is 0 Å². The molecule has 1 saturated heterocycles. The molecule has 1 aromatic heterocycles. The van der Waals surface area contributed by atoms with Gasteiger partial charge in [-0.25, -0.2) is 0 Å². The van der Waals surface area contributed by atoms with Gasteiger partial charge < -0.3 is 9.64 Å². The molecular weight excluding hydrogens is 230 g/mol. The number of hydrogen-bond acceptors (Lipinski definition) is 3. The molecule has 18 heavy (non-hydrogen) atoms. The molecule has 1 unspecified atom stereocenters. The number of aromatic nitrogens is 2. The van der Waals surface area contributed by atoms with Gasteiger partial charge in [-0.1, -0.05) is 18.2 Å². The smallest absolute Gasteiger partial charge is 0.275 e. The lowest BCUT2D eigenvalue weighted by atomic mass is 10.2. The van der Waals surface area contributed by atoms with Crippen LogP contribution in [-0.4, -0.2) is 46.8 Å². The molecule has 1 atom stereocenters. The third-order valence-electron chi connectivity index (χ3n) is 3.20. The van der Waals surface area contributed by atoms with Crippen molar-refractivity contribution < 1.29 is 9.53 Å². The van der Waals surface area contributed by atoms with E-state index in [4.69, 9.17) is 4.74 Å². The summed E-state index contributed by atoms with van der Waals surface area (Å²) >= 11 is 0. The standard InChI is InChI=1S/C13H15N3O2/c1-9-8-16(6-7-18-9)13(17)12-10-4-2-3-5-11(10)14-15-12/h2-5,9H,6-8H2,1H3,(H,14,15). The third kappa shape index (κ3) is 1.86. The van der Waals surface area contributed by atoms with Crippen molar-refractivity contribution in [3.63, 3.8) is 0 Å². The van der Waals surface area contributed by atoms with E-state index in [0.29, 0.717) is 25.4 Å². The second kappa shape index (κ2) is 4.42. The maximum atomic E-state index is 12.4. The van der Waals surface area contributed by atoms with E-state index in [0.717, 1.165) is 10.9 Å². The van der Waals surface area contributed by atoms with E-state index in [1.54, 1.807) is 4.90 Å². The van der Waals surface area contributed by atoms with Crippen LogP contribution >= 0.6 is 0 Å². The molecule has 94 valence electrons. The molecular formula is C13H15N3O2. The summed E-state index contributed by atoms with van der Waals surface area (Å²) in [4.78, 5) is 14.2. The Morgan fingerprint density at radius 3 is 3.17 bits per heavy atom. The minimum atomic E-state index is -0.0254. The summed E-state index contributed by atoms with van der Waals surface area (Å²) in [7, 11) is 0. The van der Waals surface area contributed by atoms with E-state index in [9.17, 15) is 4.79 Å². The van der Waals surface area contributed by atoms with Crippen molar-refractivity contribution in [2.75, 3.05) is 19.7 Å². The van der Waals surface area contributed by atoms with Crippen molar-refractivity contribution in [3.05, 3.63) is 30.0 Å². The van der Waals surface area contributed by atoms with Crippen molar-refractivity contribution in [1.82, 2.24) is 15.1 Å². The highest BCUT2D eigenvalue weighted by Gasteiger charge is 2.25. The van der Waals surface area contributed by atoms with Gasteiger partial charge in [0, 0.05) is 18.5 Å². The summed E-state index contributed by atoms with van der Waals surface area (Å²) in [6.07, 6.45) is 0.0907. The first kappa shape index (κ1) is 11.2. The van der Waals surface area contributed by atoms with E-state index in [1.807, 2.05) is 31.2 Å². The van der Waals surface area contributed by atoms with Crippen LogP contribution in [0.25, 0.3) is 10.9 Å². The van der Waals surface area contributed by atoms with Crippen molar-refractivity contribution in [1.29, 1.82) is 0 Å². The van der Waals surface area contributed by atoms with Crippen LogP contribution in [0.1, 0.15) is 17.4 Å². The topological polar surface area (TPSA) is 58.2 Å². The Kier molecular flexibility index (Phi) is 2.76. The molecule has 5 nitrogen and oxygen atoms in total. The third-order valence-corrected chi connectivity index (χ3v) is 3.20. The number of benzene rings is 1. The maximum absolute atomic E-state index is 12.4. The van der Waals surface area contributed by atoms with Gasteiger partial charge in [-0.15, -0.1) is 0 Å². The lowest BCUT2D eigenvalue weighted by Crippen LogP contribution is -2.44. The molecule has 1 amide bonds. The highest BCUT2D eigenvalue weighted by Crippen LogP contribution is 2.18. The van der Waals surface area contributed by atoms with E-state index in [2.05, 4.69) is 10.2 Å². The Labute approximate surface area is 105 Å². The summed E-state index contributed by atoms with van der Waals surface area (Å²) in [5.41, 5.74) is 1.39. The van der Waals surface area contributed by atoms with Gasteiger partial charge in [0.15, 0.2) is 5.69 Å². The number of para-hydroxylation sites is 1. The number of rotatable bonds is 1. The zero-order valence-corrected chi connectivity index (χ0v) is 10.2. The van der Waals surface area contributed by atoms with Crippen molar-refractivity contribution in [2.45, 2.75) is 13.0 Å². The van der Waals surface area contributed by atoms with Crippen LogP contribution in [0, 0.1) is 0 Å². The van der Waals surface area contributed by atoms with Crippen LogP contribution in [-0.2, 0) is 4.74 Å². The SMILES string of the molecule is CC1CN(C(=O)c2n[nH]c3ccccc23)CCO1. The fourth-order valence-corrected chi connectivity index (χ4v) is 2.28. The van der Waals surface area contributed by atoms with Gasteiger partial charge in [0.05, 0.1) is 18.2 Å². The van der Waals surface area contributed by atoms with Gasteiger partial charge >= 0.3 is 0 Å². The Hall–Kier alpha value is -1.88. The number of aromatic amines is 1. The number of ether oxygens (including phenoxy) is 1. The first-order valence-corrected chi connectivity index (χ1v) is 6.09. The van der Waals surface area contributed by atoms with Crippen LogP contribution < -0.4 is 0 Å². The Balaban J connectivity index is 1.92. The molecule has 1 fully saturated rings. The van der Waals surface area contributed by atoms with Gasteiger partial charge in [0.25, 0.3) is 5.91 Å². The number of nitrogens with zero attached hydrogens (tertiary/aromatic N) is 2. The van der Waals surface area contributed by atoms with Crippen LogP contribution in [0.4, 0.5) is 0 Å². The summed E-state index contributed by atoms with van der Waals surface area (Å²) in [6, 6.07) is 7.67. The summed E-state index contributed by atoms with van der Waals surface area (Å²) in [5, 5.41) is 7.91. The Bertz CT molecular complexity index is 578. The summed E-state index contributed by atoms with van der Waals surface area (Å²) in [5.74, 6) is -0.0254. The molecule has 2 aromatic rings. The highest BCUT2D eigenvalue weighted by molar-refractivity contribution is 6.04. The second-order valence-electron chi connectivity index (χ2n) is 4.55. The lowest BCUT2D eigenvalue weighted by molar-refractivity contribution is -0.0125. The Morgan fingerprint density at radius 1 is 1.50 bits per heavy atom. The summed E-state index contributed by atoms with van der Waals surface area (Å²) in [6.45, 7) is 3.82. The molecule has 2 heterocycles. The molecule has 0 radical (unpaired) electrons. The fourth-order valence-electron chi connectivity index (χ4n) is 2.28. The average Bonchev–Trinajstić information content (AvgIpc) is 2.82. The first-order chi connectivity index (χ1) is 8.75. The average molecular weight is 245 g/mol. The van der Waals surface area contributed by atoms with Crippen molar-refractivity contribution >= 4 is 16.8 Å². The van der Waals surface area contributed by atoms with Crippen LogP contribution in [0.5, 0.6) is 0 Å². The van der Waals surface area contributed by atoms with Crippen LogP contribution in [0.3, 0.4) is 0 Å². The predicted octanol–water partition coefficient (Wildman–Crippen LogP) is 1.42. The number of amides is 1. The largest absolute Gasteiger partial charge is 0.375 e. The number of fused-ring (bicyclic) bond motifs is 1. The molecule has 0 bridgehead atoms. The quantitative estimate of drug-likeness (QED) is 0.826. The van der Waals surface area contributed by atoms with Crippen molar-refractivity contribution in [2.24, 2.45) is 0 Å². The molecule has 3 rings (SSSR count). The fraction of sp³-hybridized carbons (Fsp3) is 0.385. The summed E-state index contributed by atoms with van der Waals surface area (Å²) < 4.78 is 5.44. The Morgan fingerprint density at radius 2 is 2.33 bits per heavy atom.